The zero-order chi connectivity index (χ0) is 11.3. The smallest absolute Gasteiger partial charge is 0.329 e. The van der Waals surface area contributed by atoms with Crippen molar-refractivity contribution in [2.24, 2.45) is 5.73 Å². The highest BCUT2D eigenvalue weighted by atomic mass is 16.4. The first-order valence-corrected chi connectivity index (χ1v) is 3.10. The molecule has 0 aliphatic carbocycles. The van der Waals surface area contributed by atoms with E-state index in [1.165, 1.54) is 0 Å². The first kappa shape index (κ1) is 17.6. The summed E-state index contributed by atoms with van der Waals surface area (Å²) in [6.45, 7) is 2.31. The lowest BCUT2D eigenvalue weighted by molar-refractivity contribution is -0.140. The molecule has 0 radical (unpaired) electrons. The highest BCUT2D eigenvalue weighted by molar-refractivity contribution is 5.84. The number of carbonyl (C=O) groups excluding carboxylic acids is 1. The quantitative estimate of drug-likeness (QED) is 0.486. The predicted octanol–water partition coefficient (Wildman–Crippen LogP) is -1.02. The second-order valence-electron chi connectivity index (χ2n) is 1.57. The van der Waals surface area contributed by atoms with Crippen LogP contribution in [0.5, 0.6) is 0 Å². The van der Waals surface area contributed by atoms with Crippen molar-refractivity contribution in [1.82, 2.24) is 0 Å². The van der Waals surface area contributed by atoms with Crippen LogP contribution >= 0.6 is 0 Å². The first-order chi connectivity index (χ1) is 5.95. The van der Waals surface area contributed by atoms with Crippen molar-refractivity contribution in [3.05, 3.63) is 12.7 Å². The maximum atomic E-state index is 9.47. The van der Waals surface area contributed by atoms with Gasteiger partial charge in [0.05, 0.1) is 0 Å². The minimum Gasteiger partial charge on any atom is -0.480 e. The Bertz CT molecular complexity index is 146. The molecule has 0 atom stereocenters. The minimum atomic E-state index is -1.19. The molecule has 0 spiro atoms. The number of nitrogens with two attached hydrogens (primary N) is 1. The van der Waals surface area contributed by atoms with Gasteiger partial charge >= 0.3 is 5.97 Å². The largest absolute Gasteiger partial charge is 0.480 e. The number of carboxylic acids is 1. The van der Waals surface area contributed by atoms with Crippen LogP contribution in [-0.2, 0) is 14.3 Å². The lowest BCUT2D eigenvalue weighted by atomic mass is 10.6. The highest BCUT2D eigenvalue weighted by Crippen LogP contribution is 1.49. The zero-order valence-corrected chi connectivity index (χ0v) is 7.69. The predicted molar refractivity (Wildman–Crippen MR) is 47.0 cm³/mol. The molecule has 1 amide bonds. The summed E-state index contributed by atoms with van der Waals surface area (Å²) in [6, 6.07) is 0. The second-order valence-corrected chi connectivity index (χ2v) is 1.57. The first-order valence-electron chi connectivity index (χ1n) is 3.10. The standard InChI is InChI=1S/C3H5NO.C2H4O3.C2H6O/c1-2-3(4)5;3-1-2(4)5;1-3-2/h2H,1H2,(H2,4,5);3H,1H2,(H,4,5);1-2H3. The fraction of sp³-hybridized carbons (Fsp3) is 0.429. The van der Waals surface area contributed by atoms with Crippen LogP contribution < -0.4 is 5.73 Å². The molecule has 0 bridgehead atoms. The van der Waals surface area contributed by atoms with E-state index in [0.717, 1.165) is 6.08 Å². The molecule has 0 unspecified atom stereocenters. The number of amides is 1. The van der Waals surface area contributed by atoms with Gasteiger partial charge in [-0.15, -0.1) is 0 Å². The van der Waals surface area contributed by atoms with Gasteiger partial charge in [-0.2, -0.15) is 0 Å². The molecular formula is C7H15NO5. The third-order valence-electron chi connectivity index (χ3n) is 0.336. The fourth-order valence-corrected chi connectivity index (χ4v) is 0. The van der Waals surface area contributed by atoms with Gasteiger partial charge in [0.1, 0.15) is 6.61 Å². The number of hydrogen-bond acceptors (Lipinski definition) is 4. The Labute approximate surface area is 76.6 Å². The van der Waals surface area contributed by atoms with Crippen molar-refractivity contribution >= 4 is 11.9 Å². The summed E-state index contributed by atoms with van der Waals surface area (Å²) >= 11 is 0. The number of hydrogen-bond donors (Lipinski definition) is 3. The van der Waals surface area contributed by atoms with Gasteiger partial charge in [0.2, 0.25) is 5.91 Å². The maximum absolute atomic E-state index is 9.47. The van der Waals surface area contributed by atoms with Crippen LogP contribution in [0.2, 0.25) is 0 Å². The van der Waals surface area contributed by atoms with E-state index in [4.69, 9.17) is 15.0 Å². The molecule has 6 heteroatoms. The fourth-order valence-electron chi connectivity index (χ4n) is 0. The van der Waals surface area contributed by atoms with E-state index in [-0.39, 0.29) is 0 Å². The van der Waals surface area contributed by atoms with Crippen LogP contribution in [0.15, 0.2) is 12.7 Å². The van der Waals surface area contributed by atoms with Crippen molar-refractivity contribution in [3.63, 3.8) is 0 Å². The number of carboxylic acid groups (broad SMARTS) is 1. The number of aliphatic hydroxyl groups is 1. The molecule has 78 valence electrons. The van der Waals surface area contributed by atoms with E-state index >= 15 is 0 Å². The van der Waals surface area contributed by atoms with Crippen LogP contribution in [0.4, 0.5) is 0 Å². The summed E-state index contributed by atoms with van der Waals surface area (Å²) in [5.74, 6) is -1.67. The Kier molecular flexibility index (Phi) is 22.9. The number of aliphatic hydroxyl groups excluding tert-OH is 1. The van der Waals surface area contributed by atoms with E-state index in [1.54, 1.807) is 14.2 Å². The topological polar surface area (TPSA) is 110 Å². The molecular weight excluding hydrogens is 178 g/mol. The Hall–Kier alpha value is -1.40. The summed E-state index contributed by atoms with van der Waals surface area (Å²) in [7, 11) is 3.25. The zero-order valence-electron chi connectivity index (χ0n) is 7.69. The molecule has 0 heterocycles. The van der Waals surface area contributed by atoms with Gasteiger partial charge in [0.15, 0.2) is 0 Å². The van der Waals surface area contributed by atoms with Gasteiger partial charge in [0.25, 0.3) is 0 Å². The summed E-state index contributed by atoms with van der Waals surface area (Å²) in [6.07, 6.45) is 1.06. The molecule has 0 aromatic carbocycles. The van der Waals surface area contributed by atoms with Gasteiger partial charge in [-0.05, 0) is 6.08 Å². The van der Waals surface area contributed by atoms with Crippen LogP contribution in [0, 0.1) is 0 Å². The Balaban J connectivity index is -0.000000120. The number of methoxy groups -OCH3 is 1. The minimum absolute atomic E-state index is 0.481. The summed E-state index contributed by atoms with van der Waals surface area (Å²) < 4.78 is 4.25. The van der Waals surface area contributed by atoms with Gasteiger partial charge < -0.3 is 20.7 Å². The second kappa shape index (κ2) is 16.9. The van der Waals surface area contributed by atoms with Crippen LogP contribution in [-0.4, -0.2) is 42.9 Å². The van der Waals surface area contributed by atoms with Crippen LogP contribution in [0.3, 0.4) is 0 Å². The molecule has 6 nitrogen and oxygen atoms in total. The van der Waals surface area contributed by atoms with Crippen molar-refractivity contribution < 1.29 is 24.5 Å². The van der Waals surface area contributed by atoms with Crippen molar-refractivity contribution in [1.29, 1.82) is 0 Å². The SMILES string of the molecule is C=CC(N)=O.COC.O=C(O)CO. The van der Waals surface area contributed by atoms with Crippen LogP contribution in [0.1, 0.15) is 0 Å². The lowest BCUT2D eigenvalue weighted by Crippen LogP contribution is -2.04. The molecule has 13 heavy (non-hydrogen) atoms. The Morgan fingerprint density at radius 2 is 1.69 bits per heavy atom. The van der Waals surface area contributed by atoms with Crippen molar-refractivity contribution in [3.8, 4) is 0 Å². The number of carbonyl (C=O) groups is 2. The van der Waals surface area contributed by atoms with E-state index in [0.29, 0.717) is 0 Å². The third-order valence-corrected chi connectivity index (χ3v) is 0.336. The van der Waals surface area contributed by atoms with Gasteiger partial charge in [-0.25, -0.2) is 4.79 Å². The average molecular weight is 193 g/mol. The van der Waals surface area contributed by atoms with Gasteiger partial charge in [-0.1, -0.05) is 6.58 Å². The normalized spacial score (nSPS) is 6.69. The Morgan fingerprint density at radius 3 is 1.69 bits per heavy atom. The number of primary amides is 1. The van der Waals surface area contributed by atoms with E-state index in [2.05, 4.69) is 17.0 Å². The Morgan fingerprint density at radius 1 is 1.54 bits per heavy atom. The molecule has 4 N–H and O–H groups in total. The lowest BCUT2D eigenvalue weighted by Gasteiger charge is -1.72. The molecule has 0 aliphatic rings. The van der Waals surface area contributed by atoms with Crippen molar-refractivity contribution in [2.75, 3.05) is 20.8 Å². The summed E-state index contributed by atoms with van der Waals surface area (Å²) in [5, 5.41) is 15.0. The molecule has 0 saturated carbocycles. The summed E-state index contributed by atoms with van der Waals surface area (Å²) in [4.78, 5) is 18.6. The van der Waals surface area contributed by atoms with E-state index in [9.17, 15) is 4.79 Å². The highest BCUT2D eigenvalue weighted by Gasteiger charge is 1.82. The monoisotopic (exact) mass is 193 g/mol. The van der Waals surface area contributed by atoms with Crippen LogP contribution in [0.25, 0.3) is 0 Å². The van der Waals surface area contributed by atoms with Gasteiger partial charge in [0, 0.05) is 14.2 Å². The number of ether oxygens (including phenoxy) is 1. The number of rotatable bonds is 2. The van der Waals surface area contributed by atoms with E-state index in [1.807, 2.05) is 0 Å². The molecule has 0 aromatic heterocycles. The molecule has 0 aromatic rings. The number of aliphatic carboxylic acids is 1. The van der Waals surface area contributed by atoms with Crippen molar-refractivity contribution in [2.45, 2.75) is 0 Å². The summed E-state index contributed by atoms with van der Waals surface area (Å²) in [5.41, 5.74) is 4.53. The molecule has 0 aliphatic heterocycles. The third kappa shape index (κ3) is 116. The van der Waals surface area contributed by atoms with Gasteiger partial charge in [-0.3, -0.25) is 4.79 Å². The maximum Gasteiger partial charge on any atom is 0.329 e. The average Bonchev–Trinajstić information content (AvgIpc) is 2.07. The molecule has 0 fully saturated rings. The van der Waals surface area contributed by atoms with E-state index < -0.39 is 18.5 Å². The molecule has 0 saturated heterocycles. The molecule has 0 rings (SSSR count).